The van der Waals surface area contributed by atoms with Crippen LogP contribution in [0.4, 0.5) is 14.4 Å². The van der Waals surface area contributed by atoms with Crippen LogP contribution >= 0.6 is 0 Å². The summed E-state index contributed by atoms with van der Waals surface area (Å²) in [5, 5.41) is 8.80. The van der Waals surface area contributed by atoms with Gasteiger partial charge in [-0.3, -0.25) is 33.6 Å². The second-order valence-corrected chi connectivity index (χ2v) is 29.0. The molecule has 0 aromatic heterocycles. The van der Waals surface area contributed by atoms with Crippen LogP contribution in [0.25, 0.3) is 0 Å². The Balaban J connectivity index is 0.482. The lowest BCUT2D eigenvalue weighted by atomic mass is 9.72. The van der Waals surface area contributed by atoms with Gasteiger partial charge in [-0.15, -0.1) is 0 Å². The van der Waals surface area contributed by atoms with Crippen molar-refractivity contribution in [3.8, 4) is 34.5 Å². The number of hydrogen-bond acceptors (Lipinski definition) is 22. The summed E-state index contributed by atoms with van der Waals surface area (Å²) >= 11 is 0. The van der Waals surface area contributed by atoms with Gasteiger partial charge in [-0.2, -0.15) is 0 Å². The van der Waals surface area contributed by atoms with Crippen molar-refractivity contribution in [3.63, 3.8) is 0 Å². The molecule has 114 heavy (non-hydrogen) atoms. The Kier molecular flexibility index (Phi) is 32.6. The zero-order chi connectivity index (χ0) is 81.0. The third-order valence-corrected chi connectivity index (χ3v) is 21.9. The van der Waals surface area contributed by atoms with Gasteiger partial charge in [0.2, 0.25) is 37.2 Å². The highest BCUT2D eigenvalue weighted by Gasteiger charge is 2.64. The van der Waals surface area contributed by atoms with Crippen LogP contribution in [-0.4, -0.2) is 240 Å². The number of benzene rings is 4. The van der Waals surface area contributed by atoms with Crippen molar-refractivity contribution in [1.82, 2.24) is 45.3 Å². The van der Waals surface area contributed by atoms with Gasteiger partial charge < -0.3 is 92.4 Å². The second kappa shape index (κ2) is 42.9. The van der Waals surface area contributed by atoms with Crippen LogP contribution < -0.4 is 44.4 Å². The van der Waals surface area contributed by atoms with Crippen LogP contribution in [-0.2, 0) is 52.4 Å². The molecule has 0 saturated carbocycles. The van der Waals surface area contributed by atoms with Crippen molar-refractivity contribution < 1.29 is 105 Å². The van der Waals surface area contributed by atoms with E-state index in [0.29, 0.717) is 221 Å². The summed E-state index contributed by atoms with van der Waals surface area (Å²) in [4.78, 5) is 142. The SMILES string of the molecule is CCC[C@@H](NC(=O)N1C(=O)C(CC)(CC)[C@@H]1Oc1ccc(C(=O)N2CCN(C(=O)CCCOCCOCCOC(=O)CCCCCNC(=O)OCCOCCOCCCC(=O)N3CCN(C(=O)c4ccc(O[C@@H]5N(C(=O)N[C@H](CCC)c6ccc7c(c6)OCO7)C(=O)C5(CC)CC)cc4)CC3)CC2)cc1)c1ccc2c(c1)OCO2. The summed E-state index contributed by atoms with van der Waals surface area (Å²) < 4.78 is 67.7. The third-order valence-electron chi connectivity index (χ3n) is 21.9. The van der Waals surface area contributed by atoms with Gasteiger partial charge >= 0.3 is 24.1 Å². The highest BCUT2D eigenvalue weighted by atomic mass is 16.7. The number of imide groups is 2. The summed E-state index contributed by atoms with van der Waals surface area (Å²) in [5.41, 5.74) is 0.777. The molecule has 0 bridgehead atoms. The van der Waals surface area contributed by atoms with Gasteiger partial charge in [0.05, 0.1) is 51.7 Å². The number of unbranched alkanes of at least 4 members (excludes halogenated alkanes) is 2. The minimum absolute atomic E-state index is 0.0141. The molecule has 4 aromatic carbocycles. The van der Waals surface area contributed by atoms with E-state index in [0.717, 1.165) is 33.8 Å². The van der Waals surface area contributed by atoms with Gasteiger partial charge in [0.1, 0.15) is 35.5 Å². The molecule has 0 spiro atoms. The summed E-state index contributed by atoms with van der Waals surface area (Å²) in [6.45, 7) is 17.9. The number of fused-ring (bicyclic) bond motifs is 2. The van der Waals surface area contributed by atoms with Crippen molar-refractivity contribution in [3.05, 3.63) is 107 Å². The van der Waals surface area contributed by atoms with Crippen LogP contribution in [0.15, 0.2) is 84.9 Å². The van der Waals surface area contributed by atoms with Gasteiger partial charge in [-0.25, -0.2) is 24.2 Å². The Morgan fingerprint density at radius 1 is 0.430 bits per heavy atom. The predicted molar refractivity (Wildman–Crippen MR) is 414 cm³/mol. The van der Waals surface area contributed by atoms with Crippen LogP contribution in [0.5, 0.6) is 34.5 Å². The molecule has 0 unspecified atom stereocenters. The lowest BCUT2D eigenvalue weighted by Crippen LogP contribution is -2.73. The van der Waals surface area contributed by atoms with Crippen LogP contribution in [0.2, 0.25) is 0 Å². The van der Waals surface area contributed by atoms with Crippen molar-refractivity contribution in [2.75, 3.05) is 139 Å². The summed E-state index contributed by atoms with van der Waals surface area (Å²) in [7, 11) is 0. The minimum Gasteiger partial charge on any atom is -0.469 e. The van der Waals surface area contributed by atoms with Gasteiger partial charge in [-0.1, -0.05) is 72.9 Å². The zero-order valence-corrected chi connectivity index (χ0v) is 66.7. The number of esters is 1. The molecule has 3 N–H and O–H groups in total. The molecule has 6 heterocycles. The van der Waals surface area contributed by atoms with Crippen molar-refractivity contribution in [2.24, 2.45) is 10.8 Å². The molecular formula is C83H113N9O22. The van der Waals surface area contributed by atoms with Crippen LogP contribution in [0.3, 0.4) is 0 Å². The van der Waals surface area contributed by atoms with E-state index in [4.69, 9.17) is 56.8 Å². The van der Waals surface area contributed by atoms with E-state index in [-0.39, 0.29) is 107 Å². The highest BCUT2D eigenvalue weighted by molar-refractivity contribution is 6.04. The summed E-state index contributed by atoms with van der Waals surface area (Å²) in [6.07, 6.45) is 6.23. The van der Waals surface area contributed by atoms with Crippen molar-refractivity contribution in [1.29, 1.82) is 0 Å². The monoisotopic (exact) mass is 1590 g/mol. The minimum atomic E-state index is -0.896. The molecule has 10 rings (SSSR count). The van der Waals surface area contributed by atoms with Gasteiger partial charge in [0, 0.05) is 103 Å². The Hall–Kier alpha value is -9.98. The number of alkyl carbamates (subject to hydrolysis) is 1. The number of carbonyl (C=O) groups is 10. The number of rotatable bonds is 44. The third kappa shape index (κ3) is 22.1. The van der Waals surface area contributed by atoms with Gasteiger partial charge in [0.15, 0.2) is 35.5 Å². The number of amides is 11. The molecule has 4 atom stereocenters. The first-order valence-corrected chi connectivity index (χ1v) is 40.5. The Morgan fingerprint density at radius 3 is 1.23 bits per heavy atom. The topological polar surface area (TPSA) is 337 Å². The largest absolute Gasteiger partial charge is 0.469 e. The maximum atomic E-state index is 13.9. The first-order valence-electron chi connectivity index (χ1n) is 40.5. The van der Waals surface area contributed by atoms with Crippen LogP contribution in [0, 0.1) is 10.8 Å². The van der Waals surface area contributed by atoms with Crippen molar-refractivity contribution >= 4 is 59.6 Å². The van der Waals surface area contributed by atoms with E-state index in [1.54, 1.807) is 68.1 Å². The lowest BCUT2D eigenvalue weighted by Gasteiger charge is -2.53. The average molecular weight is 1590 g/mol. The molecular weight excluding hydrogens is 1470 g/mol. The number of likely N-dealkylation sites (tertiary alicyclic amines) is 2. The number of ether oxygens (including phenoxy) is 12. The average Bonchev–Trinajstić information content (AvgIpc) is 0.780. The molecule has 11 amide bonds. The standard InChI is InChI=1S/C83H113N9O22/c1-7-18-64(60-27-33-66-68(54-60)111-56-109-66)85-79(100)91-75(98)82(9-3,10-4)77(91)113-62-29-23-58(24-30-62)73(96)89-40-36-87(37-41-89)70(93)20-16-44-103-46-48-105-50-52-107-72(95)22-14-13-15-35-84-81(102)108-53-51-106-49-47-104-45-17-21-71(94)88-38-42-90(43-39-88)74(97)59-25-31-63(32-26-59)114-78-83(11-5,12-6)76(99)92(78)80(101)86-65(19-8-2)61-28-34-67-69(55-61)112-57-110-67/h23-34,54-55,64-65,77-78H,7-22,35-53,56-57H2,1-6H3,(H,84,102)(H,85,100)(H,86,101)/t64-,65-,77+,78+/m1/s1. The van der Waals surface area contributed by atoms with Gasteiger partial charge in [-0.05, 0) is 148 Å². The fraction of sp³-hybridized carbons (Fsp3) is 0.590. The summed E-state index contributed by atoms with van der Waals surface area (Å²) in [5.74, 6) is 1.98. The van der Waals surface area contributed by atoms with E-state index >= 15 is 0 Å². The lowest BCUT2D eigenvalue weighted by molar-refractivity contribution is -0.191. The van der Waals surface area contributed by atoms with Gasteiger partial charge in [0.25, 0.3) is 11.8 Å². The number of nitrogens with one attached hydrogen (secondary N) is 3. The number of β-lactam (4-membered cyclic amide) rings is 2. The maximum absolute atomic E-state index is 13.9. The zero-order valence-electron chi connectivity index (χ0n) is 66.7. The number of hydrogen-bond donors (Lipinski definition) is 3. The van der Waals surface area contributed by atoms with E-state index in [1.165, 1.54) is 0 Å². The van der Waals surface area contributed by atoms with E-state index in [1.807, 2.05) is 77.9 Å². The smallest absolute Gasteiger partial charge is 0.407 e. The quantitative estimate of drug-likeness (QED) is 0.0210. The molecule has 31 heteroatoms. The Morgan fingerprint density at radius 2 is 0.816 bits per heavy atom. The highest BCUT2D eigenvalue weighted by Crippen LogP contribution is 2.48. The number of carbonyl (C=O) groups excluding carboxylic acids is 10. The Bertz CT molecular complexity index is 3630. The van der Waals surface area contributed by atoms with Crippen LogP contribution in [0.1, 0.15) is 188 Å². The molecule has 31 nitrogen and oxygen atoms in total. The molecule has 6 aliphatic rings. The van der Waals surface area contributed by atoms with E-state index in [2.05, 4.69) is 16.0 Å². The fourth-order valence-electron chi connectivity index (χ4n) is 14.9. The first kappa shape index (κ1) is 86.4. The van der Waals surface area contributed by atoms with Crippen molar-refractivity contribution in [2.45, 2.75) is 169 Å². The molecule has 0 radical (unpaired) electrons. The Labute approximate surface area is 666 Å². The molecule has 0 aliphatic carbocycles. The molecule has 4 aromatic rings. The second-order valence-electron chi connectivity index (χ2n) is 29.0. The summed E-state index contributed by atoms with van der Waals surface area (Å²) in [6, 6.07) is 22.6. The fourth-order valence-corrected chi connectivity index (χ4v) is 14.9. The maximum Gasteiger partial charge on any atom is 0.407 e. The first-order chi connectivity index (χ1) is 55.4. The van der Waals surface area contributed by atoms with E-state index < -0.39 is 41.4 Å². The molecule has 622 valence electrons. The molecule has 6 aliphatic heterocycles. The normalized spacial score (nSPS) is 17.6. The number of piperazine rings is 2. The predicted octanol–water partition coefficient (Wildman–Crippen LogP) is 10.1. The molecule has 4 fully saturated rings. The van der Waals surface area contributed by atoms with E-state index in [9.17, 15) is 47.9 Å². The molecule has 4 saturated heterocycles. The number of nitrogens with zero attached hydrogens (tertiary/aromatic N) is 6. The number of urea groups is 2.